The van der Waals surface area contributed by atoms with E-state index in [1.165, 1.54) is 6.07 Å². The molecule has 94 valence electrons. The summed E-state index contributed by atoms with van der Waals surface area (Å²) in [4.78, 5) is 2.41. The van der Waals surface area contributed by atoms with E-state index in [9.17, 15) is 4.39 Å². The molecule has 0 bridgehead atoms. The van der Waals surface area contributed by atoms with Crippen LogP contribution in [0.2, 0.25) is 0 Å². The van der Waals surface area contributed by atoms with Crippen LogP contribution in [0.3, 0.4) is 0 Å². The number of nitrogen functional groups attached to an aromatic ring is 1. The summed E-state index contributed by atoms with van der Waals surface area (Å²) in [5, 5.41) is 0. The van der Waals surface area contributed by atoms with Crippen LogP contribution in [0.1, 0.15) is 31.2 Å². The highest BCUT2D eigenvalue weighted by atomic mass is 19.1. The van der Waals surface area contributed by atoms with E-state index in [1.807, 2.05) is 12.1 Å². The van der Waals surface area contributed by atoms with Crippen molar-refractivity contribution in [2.75, 3.05) is 25.1 Å². The predicted octanol–water partition coefficient (Wildman–Crippen LogP) is 2.31. The van der Waals surface area contributed by atoms with Gasteiger partial charge in [0.05, 0.1) is 5.69 Å². The van der Waals surface area contributed by atoms with Gasteiger partial charge in [-0.1, -0.05) is 13.0 Å². The van der Waals surface area contributed by atoms with Crippen molar-refractivity contribution in [3.8, 4) is 0 Å². The van der Waals surface area contributed by atoms with Crippen LogP contribution in [0.5, 0.6) is 0 Å². The number of likely N-dealkylation sites (tertiary alicyclic amines) is 1. The van der Waals surface area contributed by atoms with Gasteiger partial charge in [-0.25, -0.2) is 4.39 Å². The van der Waals surface area contributed by atoms with Crippen molar-refractivity contribution in [3.63, 3.8) is 0 Å². The lowest BCUT2D eigenvalue weighted by molar-refractivity contribution is 0.220. The van der Waals surface area contributed by atoms with Gasteiger partial charge in [0.25, 0.3) is 0 Å². The minimum absolute atomic E-state index is 0.143. The molecule has 3 nitrogen and oxygen atoms in total. The van der Waals surface area contributed by atoms with Gasteiger partial charge < -0.3 is 10.3 Å². The molecule has 0 atom stereocenters. The number of piperidine rings is 1. The van der Waals surface area contributed by atoms with Crippen molar-refractivity contribution in [1.82, 2.24) is 4.90 Å². The van der Waals surface area contributed by atoms with E-state index >= 15 is 0 Å². The lowest BCUT2D eigenvalue weighted by Gasteiger charge is -2.31. The number of hydrogen-bond acceptors (Lipinski definition) is 3. The average molecular weight is 237 g/mol. The Hall–Kier alpha value is -1.13. The topological polar surface area (TPSA) is 41.3 Å². The first-order valence-electron chi connectivity index (χ1n) is 6.23. The Bertz CT molecular complexity index is 373. The first kappa shape index (κ1) is 12.3. The molecule has 0 radical (unpaired) electrons. The fourth-order valence-corrected chi connectivity index (χ4v) is 2.51. The summed E-state index contributed by atoms with van der Waals surface area (Å²) < 4.78 is 13.9. The summed E-state index contributed by atoms with van der Waals surface area (Å²) in [5.41, 5.74) is 3.92. The van der Waals surface area contributed by atoms with Gasteiger partial charge in [-0.3, -0.25) is 5.84 Å². The van der Waals surface area contributed by atoms with Gasteiger partial charge >= 0.3 is 0 Å². The van der Waals surface area contributed by atoms with Crippen molar-refractivity contribution in [3.05, 3.63) is 29.6 Å². The Balaban J connectivity index is 2.08. The van der Waals surface area contributed by atoms with Gasteiger partial charge in [0.2, 0.25) is 0 Å². The number of hydrogen-bond donors (Lipinski definition) is 2. The van der Waals surface area contributed by atoms with Gasteiger partial charge in [-0.15, -0.1) is 0 Å². The van der Waals surface area contributed by atoms with Crippen molar-refractivity contribution in [2.45, 2.75) is 25.7 Å². The zero-order valence-electron chi connectivity index (χ0n) is 10.2. The highest BCUT2D eigenvalue weighted by Gasteiger charge is 2.21. The molecule has 1 aromatic carbocycles. The summed E-state index contributed by atoms with van der Waals surface area (Å²) >= 11 is 0. The SMILES string of the molecule is CCN1CCC(c2ccc(NN)cc2F)CC1. The Morgan fingerprint density at radius 2 is 2.12 bits per heavy atom. The molecule has 0 amide bonds. The lowest BCUT2D eigenvalue weighted by Crippen LogP contribution is -2.32. The van der Waals surface area contributed by atoms with Crippen LogP contribution in [0.25, 0.3) is 0 Å². The number of anilines is 1. The van der Waals surface area contributed by atoms with Gasteiger partial charge in [-0.2, -0.15) is 0 Å². The molecule has 0 spiro atoms. The highest BCUT2D eigenvalue weighted by molar-refractivity contribution is 5.44. The smallest absolute Gasteiger partial charge is 0.128 e. The summed E-state index contributed by atoms with van der Waals surface area (Å²) in [7, 11) is 0. The molecule has 0 aliphatic carbocycles. The van der Waals surface area contributed by atoms with Crippen molar-refractivity contribution in [2.24, 2.45) is 5.84 Å². The standard InChI is InChI=1S/C13H20FN3/c1-2-17-7-5-10(6-8-17)12-4-3-11(16-15)9-13(12)14/h3-4,9-10,16H,2,5-8,15H2,1H3. The van der Waals surface area contributed by atoms with Gasteiger partial charge in [0.15, 0.2) is 0 Å². The molecule has 1 aromatic rings. The summed E-state index contributed by atoms with van der Waals surface area (Å²) in [6.45, 7) is 5.39. The highest BCUT2D eigenvalue weighted by Crippen LogP contribution is 2.30. The molecule has 2 rings (SSSR count). The van der Waals surface area contributed by atoms with Crippen LogP contribution in [0.4, 0.5) is 10.1 Å². The largest absolute Gasteiger partial charge is 0.324 e. The number of nitrogens with zero attached hydrogens (tertiary/aromatic N) is 1. The van der Waals surface area contributed by atoms with Crippen molar-refractivity contribution < 1.29 is 4.39 Å². The average Bonchev–Trinajstić information content (AvgIpc) is 2.39. The second-order valence-corrected chi connectivity index (χ2v) is 4.59. The van der Waals surface area contributed by atoms with Crippen LogP contribution >= 0.6 is 0 Å². The van der Waals surface area contributed by atoms with Gasteiger partial charge in [0.1, 0.15) is 5.82 Å². The number of rotatable bonds is 3. The molecule has 3 N–H and O–H groups in total. The van der Waals surface area contributed by atoms with Crippen LogP contribution in [-0.4, -0.2) is 24.5 Å². The molecule has 1 fully saturated rings. The number of nitrogens with two attached hydrogens (primary N) is 1. The first-order chi connectivity index (χ1) is 8.24. The predicted molar refractivity (Wildman–Crippen MR) is 68.3 cm³/mol. The number of halogens is 1. The number of hydrazine groups is 1. The molecular weight excluding hydrogens is 217 g/mol. The molecule has 0 aromatic heterocycles. The molecule has 1 aliphatic rings. The maximum absolute atomic E-state index is 13.9. The summed E-state index contributed by atoms with van der Waals surface area (Å²) in [6, 6.07) is 5.17. The zero-order valence-corrected chi connectivity index (χ0v) is 10.2. The van der Waals surface area contributed by atoms with E-state index in [0.29, 0.717) is 11.6 Å². The fraction of sp³-hybridized carbons (Fsp3) is 0.538. The minimum Gasteiger partial charge on any atom is -0.324 e. The Morgan fingerprint density at radius 1 is 1.41 bits per heavy atom. The van der Waals surface area contributed by atoms with Crippen LogP contribution < -0.4 is 11.3 Å². The molecule has 1 aliphatic heterocycles. The maximum Gasteiger partial charge on any atom is 0.128 e. The van der Waals surface area contributed by atoms with Gasteiger partial charge in [0, 0.05) is 0 Å². The van der Waals surface area contributed by atoms with Gasteiger partial charge in [-0.05, 0) is 56.1 Å². The van der Waals surface area contributed by atoms with Crippen LogP contribution in [-0.2, 0) is 0 Å². The molecule has 1 heterocycles. The Morgan fingerprint density at radius 3 is 2.65 bits per heavy atom. The quantitative estimate of drug-likeness (QED) is 0.626. The maximum atomic E-state index is 13.9. The lowest BCUT2D eigenvalue weighted by atomic mass is 9.89. The van der Waals surface area contributed by atoms with Crippen molar-refractivity contribution >= 4 is 5.69 Å². The molecule has 17 heavy (non-hydrogen) atoms. The van der Waals surface area contributed by atoms with Crippen LogP contribution in [0.15, 0.2) is 18.2 Å². The third-order valence-electron chi connectivity index (χ3n) is 3.64. The summed E-state index contributed by atoms with van der Waals surface area (Å²) in [6.07, 6.45) is 2.08. The molecule has 0 saturated carbocycles. The molecule has 1 saturated heterocycles. The van der Waals surface area contributed by atoms with E-state index in [-0.39, 0.29) is 5.82 Å². The summed E-state index contributed by atoms with van der Waals surface area (Å²) in [5.74, 6) is 5.47. The van der Waals surface area contributed by atoms with Crippen molar-refractivity contribution in [1.29, 1.82) is 0 Å². The normalized spacial score (nSPS) is 18.3. The molecule has 4 heteroatoms. The zero-order chi connectivity index (χ0) is 12.3. The first-order valence-corrected chi connectivity index (χ1v) is 6.23. The minimum atomic E-state index is -0.143. The second-order valence-electron chi connectivity index (χ2n) is 4.59. The monoisotopic (exact) mass is 237 g/mol. The van der Waals surface area contributed by atoms with Crippen LogP contribution in [0, 0.1) is 5.82 Å². The second kappa shape index (κ2) is 5.47. The third kappa shape index (κ3) is 2.76. The number of benzene rings is 1. The fourth-order valence-electron chi connectivity index (χ4n) is 2.51. The molecular formula is C13H20FN3. The van der Waals surface area contributed by atoms with E-state index in [4.69, 9.17) is 5.84 Å². The van der Waals surface area contributed by atoms with E-state index in [0.717, 1.165) is 38.0 Å². The Kier molecular flexibility index (Phi) is 3.97. The van der Waals surface area contributed by atoms with E-state index < -0.39 is 0 Å². The number of nitrogens with one attached hydrogen (secondary N) is 1. The third-order valence-corrected chi connectivity index (χ3v) is 3.64. The van der Waals surface area contributed by atoms with E-state index in [1.54, 1.807) is 0 Å². The van der Waals surface area contributed by atoms with E-state index in [2.05, 4.69) is 17.2 Å². The Labute approximate surface area is 102 Å². The molecule has 0 unspecified atom stereocenters.